The van der Waals surface area contributed by atoms with Gasteiger partial charge in [0.05, 0.1) is 0 Å². The van der Waals surface area contributed by atoms with Crippen LogP contribution >= 0.6 is 0 Å². The van der Waals surface area contributed by atoms with Crippen LogP contribution in [0.1, 0.15) is 31.5 Å². The van der Waals surface area contributed by atoms with E-state index in [1.165, 1.54) is 12.8 Å². The van der Waals surface area contributed by atoms with Gasteiger partial charge in [0.15, 0.2) is 0 Å². The van der Waals surface area contributed by atoms with Crippen molar-refractivity contribution in [3.8, 4) is 5.88 Å². The maximum absolute atomic E-state index is 6.00. The second kappa shape index (κ2) is 4.57. The normalized spacial score (nSPS) is 26.3. The van der Waals surface area contributed by atoms with E-state index in [0.29, 0.717) is 5.88 Å². The van der Waals surface area contributed by atoms with E-state index >= 15 is 0 Å². The van der Waals surface area contributed by atoms with Gasteiger partial charge in [-0.25, -0.2) is 4.98 Å². The average Bonchev–Trinajstić information content (AvgIpc) is 2.22. The lowest BCUT2D eigenvalue weighted by molar-refractivity contribution is 0.126. The fraction of sp³-hybridized carbons (Fsp3) is 0.636. The molecule has 2 atom stereocenters. The summed E-state index contributed by atoms with van der Waals surface area (Å²) < 4.78 is 5.77. The molecule has 1 saturated carbocycles. The third-order valence-corrected chi connectivity index (χ3v) is 2.78. The van der Waals surface area contributed by atoms with Crippen molar-refractivity contribution in [2.24, 2.45) is 5.73 Å². The van der Waals surface area contributed by atoms with Crippen molar-refractivity contribution in [1.29, 1.82) is 0 Å². The van der Waals surface area contributed by atoms with Crippen molar-refractivity contribution in [3.05, 3.63) is 18.1 Å². The van der Waals surface area contributed by atoms with Gasteiger partial charge >= 0.3 is 0 Å². The second-order valence-corrected chi connectivity index (χ2v) is 4.05. The Labute approximate surface area is 89.9 Å². The standard InChI is InChI=1S/C11H17N3O/c1-8-13-7-6-11(14-8)15-10-5-3-2-4-9(10)12/h6-7,9-10H,2-5,12H2,1H3. The monoisotopic (exact) mass is 207 g/mol. The fourth-order valence-corrected chi connectivity index (χ4v) is 1.93. The molecule has 1 heterocycles. The van der Waals surface area contributed by atoms with Crippen molar-refractivity contribution in [2.45, 2.75) is 44.8 Å². The first-order valence-corrected chi connectivity index (χ1v) is 5.47. The van der Waals surface area contributed by atoms with Crippen LogP contribution in [-0.4, -0.2) is 22.1 Å². The van der Waals surface area contributed by atoms with Gasteiger partial charge in [-0.15, -0.1) is 0 Å². The van der Waals surface area contributed by atoms with Gasteiger partial charge in [-0.05, 0) is 26.2 Å². The zero-order chi connectivity index (χ0) is 10.7. The Morgan fingerprint density at radius 2 is 2.20 bits per heavy atom. The Kier molecular flexibility index (Phi) is 3.16. The van der Waals surface area contributed by atoms with Crippen LogP contribution in [0.25, 0.3) is 0 Å². The molecule has 1 aliphatic rings. The Hall–Kier alpha value is -1.16. The first kappa shape index (κ1) is 10.4. The topological polar surface area (TPSA) is 61.0 Å². The molecule has 2 N–H and O–H groups in total. The number of ether oxygens (including phenoxy) is 1. The predicted molar refractivity (Wildman–Crippen MR) is 57.6 cm³/mol. The summed E-state index contributed by atoms with van der Waals surface area (Å²) >= 11 is 0. The summed E-state index contributed by atoms with van der Waals surface area (Å²) in [4.78, 5) is 8.24. The van der Waals surface area contributed by atoms with Crippen molar-refractivity contribution >= 4 is 0 Å². The molecule has 15 heavy (non-hydrogen) atoms. The molecule has 1 aromatic rings. The Morgan fingerprint density at radius 1 is 1.40 bits per heavy atom. The van der Waals surface area contributed by atoms with Crippen LogP contribution in [0.3, 0.4) is 0 Å². The molecule has 1 aromatic heterocycles. The third-order valence-electron chi connectivity index (χ3n) is 2.78. The Balaban J connectivity index is 2.01. The maximum Gasteiger partial charge on any atom is 0.216 e. The van der Waals surface area contributed by atoms with Gasteiger partial charge in [0, 0.05) is 18.3 Å². The number of hydrogen-bond acceptors (Lipinski definition) is 4. The minimum absolute atomic E-state index is 0.119. The quantitative estimate of drug-likeness (QED) is 0.797. The lowest BCUT2D eigenvalue weighted by atomic mass is 9.93. The van der Waals surface area contributed by atoms with E-state index in [0.717, 1.165) is 18.7 Å². The number of rotatable bonds is 2. The van der Waals surface area contributed by atoms with E-state index in [1.54, 1.807) is 12.3 Å². The highest BCUT2D eigenvalue weighted by molar-refractivity contribution is 5.08. The molecule has 0 aliphatic heterocycles. The molecule has 0 amide bonds. The molecule has 0 bridgehead atoms. The van der Waals surface area contributed by atoms with E-state index in [-0.39, 0.29) is 12.1 Å². The molecule has 0 saturated heterocycles. The summed E-state index contributed by atoms with van der Waals surface area (Å²) in [5, 5.41) is 0. The number of aromatic nitrogens is 2. The van der Waals surface area contributed by atoms with Crippen LogP contribution in [0.4, 0.5) is 0 Å². The molecule has 1 aliphatic carbocycles. The third kappa shape index (κ3) is 2.65. The van der Waals surface area contributed by atoms with Crippen LogP contribution < -0.4 is 10.5 Å². The zero-order valence-corrected chi connectivity index (χ0v) is 9.02. The van der Waals surface area contributed by atoms with Crippen molar-refractivity contribution in [3.63, 3.8) is 0 Å². The van der Waals surface area contributed by atoms with E-state index in [4.69, 9.17) is 10.5 Å². The molecule has 2 rings (SSSR count). The summed E-state index contributed by atoms with van der Waals surface area (Å²) in [6.45, 7) is 1.85. The molecule has 2 unspecified atom stereocenters. The summed E-state index contributed by atoms with van der Waals surface area (Å²) in [7, 11) is 0. The van der Waals surface area contributed by atoms with Gasteiger partial charge in [0.25, 0.3) is 0 Å². The predicted octanol–water partition coefficient (Wildman–Crippen LogP) is 1.43. The number of aryl methyl sites for hydroxylation is 1. The number of nitrogens with zero attached hydrogens (tertiary/aromatic N) is 2. The Morgan fingerprint density at radius 3 is 2.93 bits per heavy atom. The van der Waals surface area contributed by atoms with Crippen LogP contribution in [0.15, 0.2) is 12.3 Å². The van der Waals surface area contributed by atoms with E-state index < -0.39 is 0 Å². The van der Waals surface area contributed by atoms with Gasteiger partial charge < -0.3 is 10.5 Å². The molecule has 4 nitrogen and oxygen atoms in total. The molecule has 0 aromatic carbocycles. The van der Waals surface area contributed by atoms with Gasteiger partial charge in [0.1, 0.15) is 11.9 Å². The smallest absolute Gasteiger partial charge is 0.216 e. The van der Waals surface area contributed by atoms with Crippen LogP contribution in [-0.2, 0) is 0 Å². The summed E-state index contributed by atoms with van der Waals surface area (Å²) in [5.41, 5.74) is 6.00. The average molecular weight is 207 g/mol. The van der Waals surface area contributed by atoms with E-state index in [2.05, 4.69) is 9.97 Å². The van der Waals surface area contributed by atoms with Crippen LogP contribution in [0.2, 0.25) is 0 Å². The molecule has 4 heteroatoms. The molecule has 0 spiro atoms. The van der Waals surface area contributed by atoms with Crippen LogP contribution in [0.5, 0.6) is 5.88 Å². The zero-order valence-electron chi connectivity index (χ0n) is 9.02. The highest BCUT2D eigenvalue weighted by Crippen LogP contribution is 2.21. The maximum atomic E-state index is 6.00. The summed E-state index contributed by atoms with van der Waals surface area (Å²) in [6.07, 6.45) is 6.32. The molecular weight excluding hydrogens is 190 g/mol. The molecule has 82 valence electrons. The van der Waals surface area contributed by atoms with Gasteiger partial charge in [0.2, 0.25) is 5.88 Å². The highest BCUT2D eigenvalue weighted by Gasteiger charge is 2.23. The molecule has 1 fully saturated rings. The number of nitrogens with two attached hydrogens (primary N) is 1. The highest BCUT2D eigenvalue weighted by atomic mass is 16.5. The number of hydrogen-bond donors (Lipinski definition) is 1. The minimum atomic E-state index is 0.119. The lowest BCUT2D eigenvalue weighted by Crippen LogP contribution is -2.41. The lowest BCUT2D eigenvalue weighted by Gasteiger charge is -2.28. The minimum Gasteiger partial charge on any atom is -0.473 e. The second-order valence-electron chi connectivity index (χ2n) is 4.05. The van der Waals surface area contributed by atoms with Gasteiger partial charge in [-0.3, -0.25) is 0 Å². The van der Waals surface area contributed by atoms with E-state index in [9.17, 15) is 0 Å². The fourth-order valence-electron chi connectivity index (χ4n) is 1.93. The first-order valence-electron chi connectivity index (χ1n) is 5.47. The summed E-state index contributed by atoms with van der Waals surface area (Å²) in [5.74, 6) is 1.38. The molecule has 0 radical (unpaired) electrons. The summed E-state index contributed by atoms with van der Waals surface area (Å²) in [6, 6.07) is 1.93. The largest absolute Gasteiger partial charge is 0.473 e. The van der Waals surface area contributed by atoms with Crippen molar-refractivity contribution < 1.29 is 4.74 Å². The molecular formula is C11H17N3O. The van der Waals surface area contributed by atoms with E-state index in [1.807, 2.05) is 6.92 Å². The SMILES string of the molecule is Cc1nccc(OC2CCCCC2N)n1. The first-order chi connectivity index (χ1) is 7.25. The van der Waals surface area contributed by atoms with Crippen LogP contribution in [0, 0.1) is 6.92 Å². The van der Waals surface area contributed by atoms with Gasteiger partial charge in [-0.1, -0.05) is 6.42 Å². The van der Waals surface area contributed by atoms with Crippen molar-refractivity contribution in [2.75, 3.05) is 0 Å². The Bertz CT molecular complexity index is 329. The van der Waals surface area contributed by atoms with Crippen molar-refractivity contribution in [1.82, 2.24) is 9.97 Å². The van der Waals surface area contributed by atoms with Gasteiger partial charge in [-0.2, -0.15) is 4.98 Å².